The zero-order chi connectivity index (χ0) is 14.8. The first-order valence-electron chi connectivity index (χ1n) is 6.75. The van der Waals surface area contributed by atoms with Crippen molar-refractivity contribution in [1.82, 2.24) is 9.62 Å². The molecule has 0 aromatic carbocycles. The standard InChI is InChI=1S/C13H20N2O3S2/c1-10(2)13(16)14-11-5-7-15(8-6-11)20(17,18)12-4-3-9-19-12/h3-4,9-11H,5-8H2,1-2H3,(H,14,16). The third kappa shape index (κ3) is 3.39. The summed E-state index contributed by atoms with van der Waals surface area (Å²) < 4.78 is 26.6. The van der Waals surface area contributed by atoms with E-state index in [0.717, 1.165) is 0 Å². The van der Waals surface area contributed by atoms with E-state index >= 15 is 0 Å². The van der Waals surface area contributed by atoms with Gasteiger partial charge in [-0.05, 0) is 24.3 Å². The average Bonchev–Trinajstić information content (AvgIpc) is 2.93. The van der Waals surface area contributed by atoms with E-state index in [-0.39, 0.29) is 17.9 Å². The van der Waals surface area contributed by atoms with Crippen LogP contribution in [0.3, 0.4) is 0 Å². The van der Waals surface area contributed by atoms with Crippen LogP contribution >= 0.6 is 11.3 Å². The highest BCUT2D eigenvalue weighted by Gasteiger charge is 2.30. The first-order chi connectivity index (χ1) is 9.41. The van der Waals surface area contributed by atoms with E-state index in [0.29, 0.717) is 30.1 Å². The SMILES string of the molecule is CC(C)C(=O)NC1CCN(S(=O)(=O)c2cccs2)CC1. The van der Waals surface area contributed by atoms with Gasteiger partial charge in [0.15, 0.2) is 0 Å². The van der Waals surface area contributed by atoms with Gasteiger partial charge in [0.1, 0.15) is 4.21 Å². The quantitative estimate of drug-likeness (QED) is 0.919. The number of nitrogens with zero attached hydrogens (tertiary/aromatic N) is 1. The third-order valence-electron chi connectivity index (χ3n) is 3.41. The Bertz CT molecular complexity index is 544. The second-order valence-corrected chi connectivity index (χ2v) is 8.39. The summed E-state index contributed by atoms with van der Waals surface area (Å²) in [5.41, 5.74) is 0. The lowest BCUT2D eigenvalue weighted by Gasteiger charge is -2.31. The van der Waals surface area contributed by atoms with Gasteiger partial charge in [-0.1, -0.05) is 19.9 Å². The molecule has 2 heterocycles. The molecule has 0 saturated carbocycles. The van der Waals surface area contributed by atoms with Crippen LogP contribution in [0.5, 0.6) is 0 Å². The molecule has 1 saturated heterocycles. The van der Waals surface area contributed by atoms with Crippen molar-refractivity contribution < 1.29 is 13.2 Å². The summed E-state index contributed by atoms with van der Waals surface area (Å²) in [6.07, 6.45) is 1.34. The summed E-state index contributed by atoms with van der Waals surface area (Å²) in [6.45, 7) is 4.63. The Morgan fingerprint density at radius 3 is 2.55 bits per heavy atom. The van der Waals surface area contributed by atoms with Crippen molar-refractivity contribution in [3.05, 3.63) is 17.5 Å². The molecule has 0 bridgehead atoms. The van der Waals surface area contributed by atoms with Crippen molar-refractivity contribution in [3.63, 3.8) is 0 Å². The van der Waals surface area contributed by atoms with Crippen LogP contribution in [-0.4, -0.2) is 37.8 Å². The molecule has 7 heteroatoms. The summed E-state index contributed by atoms with van der Waals surface area (Å²) in [5, 5.41) is 4.73. The van der Waals surface area contributed by atoms with Crippen molar-refractivity contribution in [2.45, 2.75) is 36.9 Å². The summed E-state index contributed by atoms with van der Waals surface area (Å²) in [5.74, 6) is -0.00700. The van der Waals surface area contributed by atoms with Crippen molar-refractivity contribution in [3.8, 4) is 0 Å². The van der Waals surface area contributed by atoms with Gasteiger partial charge >= 0.3 is 0 Å². The number of amides is 1. The van der Waals surface area contributed by atoms with E-state index < -0.39 is 10.0 Å². The maximum Gasteiger partial charge on any atom is 0.252 e. The lowest BCUT2D eigenvalue weighted by atomic mass is 10.1. The zero-order valence-electron chi connectivity index (χ0n) is 11.7. The summed E-state index contributed by atoms with van der Waals surface area (Å²) in [4.78, 5) is 11.6. The number of nitrogens with one attached hydrogen (secondary N) is 1. The number of carbonyl (C=O) groups excluding carboxylic acids is 1. The van der Waals surface area contributed by atoms with E-state index in [1.165, 1.54) is 15.6 Å². The summed E-state index contributed by atoms with van der Waals surface area (Å²) >= 11 is 1.24. The van der Waals surface area contributed by atoms with Crippen molar-refractivity contribution in [2.75, 3.05) is 13.1 Å². The molecule has 0 unspecified atom stereocenters. The predicted molar refractivity (Wildman–Crippen MR) is 79.1 cm³/mol. The number of rotatable bonds is 4. The molecule has 1 amide bonds. The van der Waals surface area contributed by atoms with Gasteiger partial charge in [-0.3, -0.25) is 4.79 Å². The molecule has 1 aliphatic rings. The highest BCUT2D eigenvalue weighted by atomic mass is 32.2. The van der Waals surface area contributed by atoms with Gasteiger partial charge in [0.05, 0.1) is 0 Å². The molecule has 2 rings (SSSR count). The number of thiophene rings is 1. The molecule has 1 aromatic heterocycles. The Kier molecular flexibility index (Phi) is 4.82. The number of carbonyl (C=O) groups is 1. The van der Waals surface area contributed by atoms with Crippen LogP contribution in [-0.2, 0) is 14.8 Å². The van der Waals surface area contributed by atoms with Gasteiger partial charge in [-0.2, -0.15) is 4.31 Å². The topological polar surface area (TPSA) is 66.5 Å². The lowest BCUT2D eigenvalue weighted by molar-refractivity contribution is -0.124. The summed E-state index contributed by atoms with van der Waals surface area (Å²) in [7, 11) is -3.35. The summed E-state index contributed by atoms with van der Waals surface area (Å²) in [6, 6.07) is 3.46. The van der Waals surface area contributed by atoms with E-state index in [1.54, 1.807) is 17.5 Å². The second-order valence-electron chi connectivity index (χ2n) is 5.27. The number of sulfonamides is 1. The Hall–Kier alpha value is -0.920. The molecular formula is C13H20N2O3S2. The van der Waals surface area contributed by atoms with Gasteiger partial charge in [-0.25, -0.2) is 8.42 Å². The molecule has 1 N–H and O–H groups in total. The van der Waals surface area contributed by atoms with Crippen LogP contribution in [0.2, 0.25) is 0 Å². The van der Waals surface area contributed by atoms with E-state index in [2.05, 4.69) is 5.32 Å². The lowest BCUT2D eigenvalue weighted by Crippen LogP contribution is -2.47. The third-order valence-corrected chi connectivity index (χ3v) is 6.69. The van der Waals surface area contributed by atoms with Crippen molar-refractivity contribution >= 4 is 27.3 Å². The molecule has 0 spiro atoms. The zero-order valence-corrected chi connectivity index (χ0v) is 13.3. The minimum Gasteiger partial charge on any atom is -0.353 e. The average molecular weight is 316 g/mol. The minimum absolute atomic E-state index is 0.0320. The van der Waals surface area contributed by atoms with Crippen LogP contribution in [0, 0.1) is 5.92 Å². The maximum atomic E-state index is 12.3. The highest BCUT2D eigenvalue weighted by Crippen LogP contribution is 2.24. The fourth-order valence-electron chi connectivity index (χ4n) is 2.15. The predicted octanol–water partition coefficient (Wildman–Crippen LogP) is 1.67. The monoisotopic (exact) mass is 316 g/mol. The molecule has 1 fully saturated rings. The Morgan fingerprint density at radius 1 is 1.40 bits per heavy atom. The van der Waals surface area contributed by atoms with Crippen LogP contribution in [0.4, 0.5) is 0 Å². The smallest absolute Gasteiger partial charge is 0.252 e. The molecule has 112 valence electrons. The highest BCUT2D eigenvalue weighted by molar-refractivity contribution is 7.91. The number of piperidine rings is 1. The Morgan fingerprint density at radius 2 is 2.05 bits per heavy atom. The largest absolute Gasteiger partial charge is 0.353 e. The fourth-order valence-corrected chi connectivity index (χ4v) is 4.76. The maximum absolute atomic E-state index is 12.3. The number of hydrogen-bond acceptors (Lipinski definition) is 4. The molecule has 0 radical (unpaired) electrons. The normalized spacial score (nSPS) is 18.4. The van der Waals surface area contributed by atoms with Crippen molar-refractivity contribution in [2.24, 2.45) is 5.92 Å². The molecule has 20 heavy (non-hydrogen) atoms. The van der Waals surface area contributed by atoms with Gasteiger partial charge in [0.25, 0.3) is 10.0 Å². The number of hydrogen-bond donors (Lipinski definition) is 1. The van der Waals surface area contributed by atoms with Gasteiger partial charge in [0, 0.05) is 25.0 Å². The molecule has 0 atom stereocenters. The van der Waals surface area contributed by atoms with E-state index in [1.807, 2.05) is 13.8 Å². The van der Waals surface area contributed by atoms with Crippen LogP contribution in [0.25, 0.3) is 0 Å². The van der Waals surface area contributed by atoms with E-state index in [4.69, 9.17) is 0 Å². The molecule has 0 aliphatic carbocycles. The Balaban J connectivity index is 1.93. The fraction of sp³-hybridized carbons (Fsp3) is 0.615. The van der Waals surface area contributed by atoms with Crippen molar-refractivity contribution in [1.29, 1.82) is 0 Å². The second kappa shape index (κ2) is 6.24. The molecule has 5 nitrogen and oxygen atoms in total. The first-order valence-corrected chi connectivity index (χ1v) is 9.07. The molecule has 1 aromatic rings. The minimum atomic E-state index is -3.35. The first kappa shape index (κ1) is 15.5. The van der Waals surface area contributed by atoms with Crippen LogP contribution in [0.15, 0.2) is 21.7 Å². The van der Waals surface area contributed by atoms with E-state index in [9.17, 15) is 13.2 Å². The van der Waals surface area contributed by atoms with Crippen LogP contribution < -0.4 is 5.32 Å². The van der Waals surface area contributed by atoms with Gasteiger partial charge in [0.2, 0.25) is 5.91 Å². The van der Waals surface area contributed by atoms with Crippen LogP contribution in [0.1, 0.15) is 26.7 Å². The van der Waals surface area contributed by atoms with Gasteiger partial charge in [-0.15, -0.1) is 11.3 Å². The Labute approximate surface area is 124 Å². The molecule has 1 aliphatic heterocycles. The molecular weight excluding hydrogens is 296 g/mol. The van der Waals surface area contributed by atoms with Gasteiger partial charge < -0.3 is 5.32 Å².